The molecule has 0 aliphatic carbocycles. The predicted octanol–water partition coefficient (Wildman–Crippen LogP) is 3.02. The Balaban J connectivity index is 1.69. The average Bonchev–Trinajstić information content (AvgIpc) is 2.73. The minimum Gasteiger partial charge on any atom is -0.350 e. The number of anilines is 1. The van der Waals surface area contributed by atoms with Crippen molar-refractivity contribution in [2.75, 3.05) is 11.4 Å². The van der Waals surface area contributed by atoms with E-state index in [0.29, 0.717) is 5.82 Å². The number of hydrogen-bond donors (Lipinski definition) is 0. The van der Waals surface area contributed by atoms with Crippen LogP contribution in [-0.2, 0) is 25.8 Å². The Morgan fingerprint density at radius 3 is 2.73 bits per heavy atom. The summed E-state index contributed by atoms with van der Waals surface area (Å²) in [5, 5.41) is 0. The molecule has 4 heterocycles. The highest BCUT2D eigenvalue weighted by Gasteiger charge is 2.21. The monoisotopic (exact) mass is 346 g/mol. The molecule has 0 saturated carbocycles. The lowest BCUT2D eigenvalue weighted by Crippen LogP contribution is -2.32. The summed E-state index contributed by atoms with van der Waals surface area (Å²) in [6.45, 7) is 5.86. The van der Waals surface area contributed by atoms with Crippen LogP contribution in [0, 0.1) is 0 Å². The van der Waals surface area contributed by atoms with E-state index in [0.717, 1.165) is 61.1 Å². The number of fused-ring (bicyclic) bond motifs is 1. The highest BCUT2D eigenvalue weighted by Crippen LogP contribution is 2.24. The van der Waals surface area contributed by atoms with Crippen molar-refractivity contribution >= 4 is 5.82 Å². The highest BCUT2D eigenvalue weighted by molar-refractivity contribution is 5.54. The van der Waals surface area contributed by atoms with Crippen molar-refractivity contribution in [2.24, 2.45) is 0 Å². The fourth-order valence-corrected chi connectivity index (χ4v) is 3.15. The lowest BCUT2D eigenvalue weighted by atomic mass is 10.1. The summed E-state index contributed by atoms with van der Waals surface area (Å²) in [5.74, 6) is 2.53. The van der Waals surface area contributed by atoms with Gasteiger partial charge in [-0.3, -0.25) is 4.98 Å². The molecule has 1 aliphatic heterocycles. The van der Waals surface area contributed by atoms with E-state index >= 15 is 0 Å². The van der Waals surface area contributed by atoms with Crippen molar-refractivity contribution in [3.8, 4) is 11.5 Å². The van der Waals surface area contributed by atoms with Crippen molar-refractivity contribution in [3.05, 3.63) is 59.4 Å². The van der Waals surface area contributed by atoms with Gasteiger partial charge in [-0.25, -0.2) is 19.9 Å². The Morgan fingerprint density at radius 2 is 1.96 bits per heavy atom. The molecule has 3 aromatic heterocycles. The van der Waals surface area contributed by atoms with Crippen LogP contribution in [0.15, 0.2) is 36.7 Å². The summed E-state index contributed by atoms with van der Waals surface area (Å²) in [6.07, 6.45) is 6.41. The molecule has 0 aromatic carbocycles. The third kappa shape index (κ3) is 3.27. The summed E-state index contributed by atoms with van der Waals surface area (Å²) in [4.78, 5) is 25.3. The molecule has 0 bridgehead atoms. The van der Waals surface area contributed by atoms with Gasteiger partial charge < -0.3 is 4.90 Å². The van der Waals surface area contributed by atoms with E-state index in [2.05, 4.69) is 39.8 Å². The molecule has 0 N–H and O–H groups in total. The van der Waals surface area contributed by atoms with Crippen LogP contribution in [0.2, 0.25) is 0 Å². The Labute approximate surface area is 153 Å². The summed E-state index contributed by atoms with van der Waals surface area (Å²) in [7, 11) is 0. The fourth-order valence-electron chi connectivity index (χ4n) is 3.15. The van der Waals surface area contributed by atoms with E-state index in [-0.39, 0.29) is 0 Å². The van der Waals surface area contributed by atoms with Gasteiger partial charge in [0.1, 0.15) is 17.3 Å². The lowest BCUT2D eigenvalue weighted by molar-refractivity contribution is 0.683. The van der Waals surface area contributed by atoms with Gasteiger partial charge in [0.15, 0.2) is 5.82 Å². The quantitative estimate of drug-likeness (QED) is 0.723. The van der Waals surface area contributed by atoms with E-state index in [4.69, 9.17) is 9.97 Å². The van der Waals surface area contributed by atoms with Crippen molar-refractivity contribution < 1.29 is 0 Å². The lowest BCUT2D eigenvalue weighted by Gasteiger charge is -2.29. The van der Waals surface area contributed by atoms with Gasteiger partial charge in [-0.2, -0.15) is 0 Å². The zero-order valence-electron chi connectivity index (χ0n) is 15.2. The summed E-state index contributed by atoms with van der Waals surface area (Å²) < 4.78 is 0. The van der Waals surface area contributed by atoms with Crippen LogP contribution < -0.4 is 4.90 Å². The van der Waals surface area contributed by atoms with E-state index in [1.54, 1.807) is 6.20 Å². The normalized spacial score (nSPS) is 13.5. The van der Waals surface area contributed by atoms with Gasteiger partial charge >= 0.3 is 0 Å². The number of aryl methyl sites for hydroxylation is 2. The topological polar surface area (TPSA) is 67.7 Å². The Morgan fingerprint density at radius 1 is 1.04 bits per heavy atom. The maximum absolute atomic E-state index is 4.80. The van der Waals surface area contributed by atoms with Gasteiger partial charge in [-0.05, 0) is 30.5 Å². The first-order valence-electron chi connectivity index (χ1n) is 9.14. The van der Waals surface area contributed by atoms with Gasteiger partial charge in [-0.1, -0.05) is 19.9 Å². The maximum Gasteiger partial charge on any atom is 0.180 e. The molecule has 4 rings (SSSR count). The molecule has 0 saturated heterocycles. The van der Waals surface area contributed by atoms with Crippen LogP contribution in [0.3, 0.4) is 0 Å². The molecule has 1 aliphatic rings. The molecular formula is C20H22N6. The number of rotatable bonds is 4. The number of pyridine rings is 1. The average molecular weight is 346 g/mol. The van der Waals surface area contributed by atoms with Crippen molar-refractivity contribution in [3.63, 3.8) is 0 Å². The van der Waals surface area contributed by atoms with Crippen LogP contribution in [0.25, 0.3) is 11.5 Å². The van der Waals surface area contributed by atoms with Gasteiger partial charge in [0.2, 0.25) is 0 Å². The smallest absolute Gasteiger partial charge is 0.180 e. The molecule has 0 unspecified atom stereocenters. The molecule has 26 heavy (non-hydrogen) atoms. The van der Waals surface area contributed by atoms with E-state index < -0.39 is 0 Å². The molecular weight excluding hydrogens is 324 g/mol. The minimum atomic E-state index is 0.683. The van der Waals surface area contributed by atoms with Crippen molar-refractivity contribution in [1.29, 1.82) is 0 Å². The number of nitrogens with zero attached hydrogens (tertiary/aromatic N) is 6. The van der Waals surface area contributed by atoms with Crippen LogP contribution in [0.1, 0.15) is 36.6 Å². The molecule has 132 valence electrons. The zero-order valence-corrected chi connectivity index (χ0v) is 15.2. The van der Waals surface area contributed by atoms with E-state index in [1.807, 2.05) is 24.4 Å². The van der Waals surface area contributed by atoms with E-state index in [9.17, 15) is 0 Å². The van der Waals surface area contributed by atoms with Gasteiger partial charge in [0.25, 0.3) is 0 Å². The highest BCUT2D eigenvalue weighted by atomic mass is 15.2. The van der Waals surface area contributed by atoms with Gasteiger partial charge in [0.05, 0.1) is 12.2 Å². The Kier molecular flexibility index (Phi) is 4.56. The third-order valence-electron chi connectivity index (χ3n) is 4.66. The zero-order chi connectivity index (χ0) is 17.9. The molecule has 0 spiro atoms. The summed E-state index contributed by atoms with van der Waals surface area (Å²) in [5.41, 5.74) is 4.18. The molecule has 0 fully saturated rings. The van der Waals surface area contributed by atoms with Crippen molar-refractivity contribution in [1.82, 2.24) is 24.9 Å². The van der Waals surface area contributed by atoms with E-state index in [1.165, 1.54) is 5.56 Å². The summed E-state index contributed by atoms with van der Waals surface area (Å²) in [6, 6.07) is 7.90. The van der Waals surface area contributed by atoms with Crippen LogP contribution in [-0.4, -0.2) is 31.5 Å². The minimum absolute atomic E-state index is 0.683. The standard InChI is InChI=1S/C20H22N6/c1-3-15-11-19(25-20(23-15)16-7-5-6-9-21-16)26-10-8-14-12-22-18(4-2)24-17(14)13-26/h5-7,9,11-12H,3-4,8,10,13H2,1-2H3. The Hall–Kier alpha value is -2.89. The Bertz CT molecular complexity index is 909. The first-order valence-corrected chi connectivity index (χ1v) is 9.14. The summed E-state index contributed by atoms with van der Waals surface area (Å²) >= 11 is 0. The molecule has 6 heteroatoms. The first kappa shape index (κ1) is 16.6. The predicted molar refractivity (Wildman–Crippen MR) is 101 cm³/mol. The number of hydrogen-bond acceptors (Lipinski definition) is 6. The number of aromatic nitrogens is 5. The molecule has 3 aromatic rings. The maximum atomic E-state index is 4.80. The third-order valence-corrected chi connectivity index (χ3v) is 4.66. The largest absolute Gasteiger partial charge is 0.350 e. The second kappa shape index (κ2) is 7.15. The van der Waals surface area contributed by atoms with Crippen LogP contribution in [0.5, 0.6) is 0 Å². The second-order valence-electron chi connectivity index (χ2n) is 6.39. The molecule has 0 amide bonds. The van der Waals surface area contributed by atoms with Gasteiger partial charge in [0, 0.05) is 37.1 Å². The van der Waals surface area contributed by atoms with Crippen molar-refractivity contribution in [2.45, 2.75) is 39.7 Å². The molecule has 6 nitrogen and oxygen atoms in total. The van der Waals surface area contributed by atoms with Gasteiger partial charge in [-0.15, -0.1) is 0 Å². The van der Waals surface area contributed by atoms with Crippen LogP contribution >= 0.6 is 0 Å². The second-order valence-corrected chi connectivity index (χ2v) is 6.39. The SMILES string of the molecule is CCc1cc(N2CCc3cnc(CC)nc3C2)nc(-c2ccccn2)n1. The molecule has 0 radical (unpaired) electrons. The molecule has 0 atom stereocenters. The first-order chi connectivity index (χ1) is 12.8. The fraction of sp³-hybridized carbons (Fsp3) is 0.350. The van der Waals surface area contributed by atoms with Crippen LogP contribution in [0.4, 0.5) is 5.82 Å².